The molecule has 0 spiro atoms. The van der Waals surface area contributed by atoms with Gasteiger partial charge in [-0.3, -0.25) is 9.69 Å². The molecule has 15 heavy (non-hydrogen) atoms. The monoisotopic (exact) mass is 213 g/mol. The summed E-state index contributed by atoms with van der Waals surface area (Å²) >= 11 is 0. The summed E-state index contributed by atoms with van der Waals surface area (Å²) in [5, 5.41) is 8.87. The van der Waals surface area contributed by atoms with Crippen LogP contribution in [0.5, 0.6) is 0 Å². The lowest BCUT2D eigenvalue weighted by molar-refractivity contribution is -0.139. The number of carbonyl (C=O) groups is 1. The molecule has 1 saturated heterocycles. The van der Waals surface area contributed by atoms with Gasteiger partial charge in [-0.05, 0) is 32.7 Å². The lowest BCUT2D eigenvalue weighted by atomic mass is 9.96. The van der Waals surface area contributed by atoms with Crippen LogP contribution in [-0.4, -0.2) is 34.6 Å². The van der Waals surface area contributed by atoms with Gasteiger partial charge >= 0.3 is 5.97 Å². The number of carboxylic acid groups (broad SMARTS) is 1. The molecule has 1 rings (SSSR count). The quantitative estimate of drug-likeness (QED) is 0.763. The van der Waals surface area contributed by atoms with Gasteiger partial charge in [-0.1, -0.05) is 19.8 Å². The average molecular weight is 213 g/mol. The van der Waals surface area contributed by atoms with Crippen LogP contribution in [0.25, 0.3) is 0 Å². The number of hydrogen-bond donors (Lipinski definition) is 1. The molecule has 0 aromatic rings. The summed E-state index contributed by atoms with van der Waals surface area (Å²) in [6.07, 6.45) is 6.14. The summed E-state index contributed by atoms with van der Waals surface area (Å²) in [5.74, 6) is -0.657. The van der Waals surface area contributed by atoms with Crippen LogP contribution >= 0.6 is 0 Å². The number of piperidine rings is 1. The van der Waals surface area contributed by atoms with Crippen molar-refractivity contribution in [2.75, 3.05) is 6.54 Å². The zero-order valence-electron chi connectivity index (χ0n) is 9.91. The first-order chi connectivity index (χ1) is 7.15. The maximum absolute atomic E-state index is 10.8. The summed E-state index contributed by atoms with van der Waals surface area (Å²) < 4.78 is 0. The van der Waals surface area contributed by atoms with Crippen LogP contribution in [-0.2, 0) is 4.79 Å². The first-order valence-electron chi connectivity index (χ1n) is 6.12. The van der Waals surface area contributed by atoms with Crippen LogP contribution in [0.15, 0.2) is 0 Å². The van der Waals surface area contributed by atoms with E-state index in [0.29, 0.717) is 12.5 Å². The highest BCUT2D eigenvalue weighted by Crippen LogP contribution is 2.23. The van der Waals surface area contributed by atoms with E-state index in [2.05, 4.69) is 18.7 Å². The van der Waals surface area contributed by atoms with Crippen LogP contribution in [0.4, 0.5) is 0 Å². The van der Waals surface area contributed by atoms with Gasteiger partial charge in [-0.15, -0.1) is 0 Å². The van der Waals surface area contributed by atoms with E-state index in [0.717, 1.165) is 13.0 Å². The van der Waals surface area contributed by atoms with Crippen LogP contribution in [0.1, 0.15) is 52.4 Å². The largest absolute Gasteiger partial charge is 0.481 e. The zero-order valence-corrected chi connectivity index (χ0v) is 9.91. The van der Waals surface area contributed by atoms with Gasteiger partial charge in [0.2, 0.25) is 0 Å². The van der Waals surface area contributed by atoms with Gasteiger partial charge in [0.15, 0.2) is 0 Å². The minimum atomic E-state index is -0.657. The average Bonchev–Trinajstić information content (AvgIpc) is 2.18. The van der Waals surface area contributed by atoms with Crippen molar-refractivity contribution in [3.63, 3.8) is 0 Å². The van der Waals surface area contributed by atoms with Crippen molar-refractivity contribution in [1.82, 2.24) is 4.90 Å². The number of carboxylic acids is 1. The third-order valence-electron chi connectivity index (χ3n) is 3.36. The molecule has 0 aromatic heterocycles. The van der Waals surface area contributed by atoms with Crippen molar-refractivity contribution in [2.24, 2.45) is 0 Å². The number of nitrogens with zero attached hydrogens (tertiary/aromatic N) is 1. The molecular weight excluding hydrogens is 190 g/mol. The topological polar surface area (TPSA) is 40.5 Å². The fourth-order valence-electron chi connectivity index (χ4n) is 2.61. The Morgan fingerprint density at radius 3 is 2.87 bits per heavy atom. The van der Waals surface area contributed by atoms with Crippen LogP contribution in [0, 0.1) is 0 Å². The fraction of sp³-hybridized carbons (Fsp3) is 0.917. The molecule has 0 aromatic carbocycles. The molecule has 2 atom stereocenters. The van der Waals surface area contributed by atoms with Crippen LogP contribution in [0.2, 0.25) is 0 Å². The molecule has 0 bridgehead atoms. The van der Waals surface area contributed by atoms with E-state index < -0.39 is 5.97 Å². The summed E-state index contributed by atoms with van der Waals surface area (Å²) in [5.41, 5.74) is 0. The normalized spacial score (nSPS) is 25.1. The molecule has 0 aliphatic carbocycles. The summed E-state index contributed by atoms with van der Waals surface area (Å²) in [6, 6.07) is 0.817. The highest BCUT2D eigenvalue weighted by molar-refractivity contribution is 5.67. The third-order valence-corrected chi connectivity index (χ3v) is 3.36. The summed E-state index contributed by atoms with van der Waals surface area (Å²) in [4.78, 5) is 13.2. The maximum Gasteiger partial charge on any atom is 0.304 e. The van der Waals surface area contributed by atoms with E-state index in [-0.39, 0.29) is 6.04 Å². The van der Waals surface area contributed by atoms with Crippen molar-refractivity contribution in [3.8, 4) is 0 Å². The van der Waals surface area contributed by atoms with E-state index >= 15 is 0 Å². The van der Waals surface area contributed by atoms with Crippen LogP contribution < -0.4 is 0 Å². The second kappa shape index (κ2) is 6.11. The predicted octanol–water partition coefficient (Wildman–Crippen LogP) is 2.50. The SMILES string of the molecule is CCCC(C)N1CCCCC1CC(=O)O. The molecule has 1 N–H and O–H groups in total. The molecule has 0 saturated carbocycles. The number of aliphatic carboxylic acids is 1. The molecule has 1 fully saturated rings. The second-order valence-electron chi connectivity index (χ2n) is 4.62. The van der Waals surface area contributed by atoms with Crippen molar-refractivity contribution >= 4 is 5.97 Å². The predicted molar refractivity (Wildman–Crippen MR) is 61.0 cm³/mol. The Labute approximate surface area is 92.5 Å². The highest BCUT2D eigenvalue weighted by atomic mass is 16.4. The molecule has 1 aliphatic rings. The van der Waals surface area contributed by atoms with Crippen molar-refractivity contribution in [2.45, 2.75) is 64.5 Å². The molecule has 1 aliphatic heterocycles. The van der Waals surface area contributed by atoms with Gasteiger partial charge in [0.1, 0.15) is 0 Å². The smallest absolute Gasteiger partial charge is 0.304 e. The van der Waals surface area contributed by atoms with Crippen molar-refractivity contribution in [1.29, 1.82) is 0 Å². The Morgan fingerprint density at radius 2 is 2.27 bits per heavy atom. The van der Waals surface area contributed by atoms with Gasteiger partial charge in [-0.2, -0.15) is 0 Å². The Hall–Kier alpha value is -0.570. The molecule has 3 nitrogen and oxygen atoms in total. The molecule has 0 amide bonds. The highest BCUT2D eigenvalue weighted by Gasteiger charge is 2.27. The van der Waals surface area contributed by atoms with Crippen molar-refractivity contribution < 1.29 is 9.90 Å². The molecule has 0 radical (unpaired) electrons. The Bertz CT molecular complexity index is 206. The first-order valence-corrected chi connectivity index (χ1v) is 6.12. The van der Waals surface area contributed by atoms with E-state index in [9.17, 15) is 4.79 Å². The Kier molecular flexibility index (Phi) is 5.09. The van der Waals surface area contributed by atoms with E-state index in [1.165, 1.54) is 25.7 Å². The molecule has 3 heteroatoms. The lowest BCUT2D eigenvalue weighted by Gasteiger charge is -2.39. The zero-order chi connectivity index (χ0) is 11.3. The first kappa shape index (κ1) is 12.5. The number of rotatable bonds is 5. The molecule has 1 heterocycles. The molecule has 88 valence electrons. The third kappa shape index (κ3) is 3.82. The van der Waals surface area contributed by atoms with Crippen molar-refractivity contribution in [3.05, 3.63) is 0 Å². The fourth-order valence-corrected chi connectivity index (χ4v) is 2.61. The maximum atomic E-state index is 10.8. The van der Waals surface area contributed by atoms with Crippen LogP contribution in [0.3, 0.4) is 0 Å². The van der Waals surface area contributed by atoms with Gasteiger partial charge in [0, 0.05) is 12.1 Å². The summed E-state index contributed by atoms with van der Waals surface area (Å²) in [7, 11) is 0. The minimum absolute atomic E-state index is 0.276. The van der Waals surface area contributed by atoms with Gasteiger partial charge in [-0.25, -0.2) is 0 Å². The van der Waals surface area contributed by atoms with E-state index in [1.807, 2.05) is 0 Å². The standard InChI is InChI=1S/C12H23NO2/c1-3-6-10(2)13-8-5-4-7-11(13)9-12(14)15/h10-11H,3-9H2,1-2H3,(H,14,15). The van der Waals surface area contributed by atoms with Gasteiger partial charge in [0.25, 0.3) is 0 Å². The summed E-state index contributed by atoms with van der Waals surface area (Å²) in [6.45, 7) is 5.50. The van der Waals surface area contributed by atoms with E-state index in [1.54, 1.807) is 0 Å². The minimum Gasteiger partial charge on any atom is -0.481 e. The molecule has 2 unspecified atom stereocenters. The van der Waals surface area contributed by atoms with Gasteiger partial charge < -0.3 is 5.11 Å². The number of likely N-dealkylation sites (tertiary alicyclic amines) is 1. The molecular formula is C12H23NO2. The Balaban J connectivity index is 2.52. The second-order valence-corrected chi connectivity index (χ2v) is 4.62. The Morgan fingerprint density at radius 1 is 1.53 bits per heavy atom. The number of hydrogen-bond acceptors (Lipinski definition) is 2. The van der Waals surface area contributed by atoms with Gasteiger partial charge in [0.05, 0.1) is 6.42 Å². The van der Waals surface area contributed by atoms with E-state index in [4.69, 9.17) is 5.11 Å². The lowest BCUT2D eigenvalue weighted by Crippen LogP contribution is -2.45.